The molecule has 0 saturated carbocycles. The normalized spacial score (nSPS) is 25.0. The Morgan fingerprint density at radius 2 is 1.76 bits per heavy atom. The third-order valence-electron chi connectivity index (χ3n) is 4.18. The van der Waals surface area contributed by atoms with Gasteiger partial charge in [-0.25, -0.2) is 8.42 Å². The SMILES string of the molecule is C[C@H]1C[C@H](N)CCN1S(=O)(=O)c1ccc(C(C)(C)C)cc1. The molecule has 5 heteroatoms. The molecule has 0 aromatic heterocycles. The second-order valence-corrected chi connectivity index (χ2v) is 8.91. The van der Waals surface area contributed by atoms with E-state index in [0.29, 0.717) is 11.4 Å². The van der Waals surface area contributed by atoms with Gasteiger partial charge in [0, 0.05) is 18.6 Å². The molecular formula is C16H26N2O2S. The van der Waals surface area contributed by atoms with Crippen LogP contribution in [-0.2, 0) is 15.4 Å². The van der Waals surface area contributed by atoms with Crippen LogP contribution in [0.25, 0.3) is 0 Å². The summed E-state index contributed by atoms with van der Waals surface area (Å²) in [6.07, 6.45) is 1.45. The van der Waals surface area contributed by atoms with Crippen molar-refractivity contribution >= 4 is 10.0 Å². The van der Waals surface area contributed by atoms with Crippen molar-refractivity contribution in [1.29, 1.82) is 0 Å². The van der Waals surface area contributed by atoms with E-state index < -0.39 is 10.0 Å². The lowest BCUT2D eigenvalue weighted by Crippen LogP contribution is -2.48. The molecule has 1 saturated heterocycles. The standard InChI is InChI=1S/C16H26N2O2S/c1-12-11-14(17)9-10-18(12)21(19,20)15-7-5-13(6-8-15)16(2,3)4/h5-8,12,14H,9-11,17H2,1-4H3/t12-,14+/m0/s1. The lowest BCUT2D eigenvalue weighted by molar-refractivity contribution is 0.247. The van der Waals surface area contributed by atoms with Crippen molar-refractivity contribution in [2.75, 3.05) is 6.54 Å². The first-order chi connectivity index (χ1) is 9.62. The molecule has 1 fully saturated rings. The summed E-state index contributed by atoms with van der Waals surface area (Å²) in [5.74, 6) is 0. The van der Waals surface area contributed by atoms with Crippen molar-refractivity contribution in [3.8, 4) is 0 Å². The fourth-order valence-corrected chi connectivity index (χ4v) is 4.46. The van der Waals surface area contributed by atoms with E-state index >= 15 is 0 Å². The van der Waals surface area contributed by atoms with E-state index in [4.69, 9.17) is 5.73 Å². The molecule has 0 spiro atoms. The monoisotopic (exact) mass is 310 g/mol. The first-order valence-corrected chi connectivity index (χ1v) is 8.94. The van der Waals surface area contributed by atoms with Gasteiger partial charge in [0.2, 0.25) is 10.0 Å². The number of nitrogens with zero attached hydrogens (tertiary/aromatic N) is 1. The fourth-order valence-electron chi connectivity index (χ4n) is 2.81. The summed E-state index contributed by atoms with van der Waals surface area (Å²) < 4.78 is 27.1. The topological polar surface area (TPSA) is 63.4 Å². The Labute approximate surface area is 128 Å². The highest BCUT2D eigenvalue weighted by Crippen LogP contribution is 2.27. The van der Waals surface area contributed by atoms with Gasteiger partial charge in [0.1, 0.15) is 0 Å². The second kappa shape index (κ2) is 5.71. The van der Waals surface area contributed by atoms with Gasteiger partial charge in [0.15, 0.2) is 0 Å². The van der Waals surface area contributed by atoms with Crippen LogP contribution in [0.3, 0.4) is 0 Å². The van der Waals surface area contributed by atoms with E-state index in [1.54, 1.807) is 16.4 Å². The Morgan fingerprint density at radius 1 is 1.19 bits per heavy atom. The predicted molar refractivity (Wildman–Crippen MR) is 85.7 cm³/mol. The van der Waals surface area contributed by atoms with Gasteiger partial charge in [0.25, 0.3) is 0 Å². The fraction of sp³-hybridized carbons (Fsp3) is 0.625. The number of nitrogens with two attached hydrogens (primary N) is 1. The zero-order valence-electron chi connectivity index (χ0n) is 13.3. The lowest BCUT2D eigenvalue weighted by Gasteiger charge is -2.35. The Bertz CT molecular complexity index is 588. The number of piperidine rings is 1. The molecule has 1 heterocycles. The minimum atomic E-state index is -3.42. The molecule has 2 N–H and O–H groups in total. The quantitative estimate of drug-likeness (QED) is 0.913. The van der Waals surface area contributed by atoms with Crippen LogP contribution < -0.4 is 5.73 Å². The highest BCUT2D eigenvalue weighted by molar-refractivity contribution is 7.89. The van der Waals surface area contributed by atoms with Crippen molar-refractivity contribution in [1.82, 2.24) is 4.31 Å². The Hall–Kier alpha value is -0.910. The zero-order chi connectivity index (χ0) is 15.8. The molecule has 4 nitrogen and oxygen atoms in total. The third kappa shape index (κ3) is 3.47. The molecule has 1 aromatic rings. The number of rotatable bonds is 2. The van der Waals surface area contributed by atoms with Crippen LogP contribution in [0.4, 0.5) is 0 Å². The van der Waals surface area contributed by atoms with Crippen LogP contribution in [0.15, 0.2) is 29.2 Å². The van der Waals surface area contributed by atoms with Gasteiger partial charge in [-0.05, 0) is 42.9 Å². The van der Waals surface area contributed by atoms with Crippen molar-refractivity contribution in [3.05, 3.63) is 29.8 Å². The van der Waals surface area contributed by atoms with E-state index in [0.717, 1.165) is 18.4 Å². The van der Waals surface area contributed by atoms with E-state index in [-0.39, 0.29) is 17.5 Å². The molecule has 0 radical (unpaired) electrons. The average molecular weight is 310 g/mol. The predicted octanol–water partition coefficient (Wildman–Crippen LogP) is 2.48. The summed E-state index contributed by atoms with van der Waals surface area (Å²) in [6.45, 7) is 8.78. The van der Waals surface area contributed by atoms with Gasteiger partial charge >= 0.3 is 0 Å². The molecule has 0 bridgehead atoms. The maximum absolute atomic E-state index is 12.8. The highest BCUT2D eigenvalue weighted by Gasteiger charge is 2.33. The van der Waals surface area contributed by atoms with Crippen LogP contribution in [0.1, 0.15) is 46.1 Å². The minimum Gasteiger partial charge on any atom is -0.328 e. The smallest absolute Gasteiger partial charge is 0.243 e. The molecule has 21 heavy (non-hydrogen) atoms. The van der Waals surface area contributed by atoms with Crippen molar-refractivity contribution in [2.45, 2.75) is 62.9 Å². The number of sulfonamides is 1. The maximum Gasteiger partial charge on any atom is 0.243 e. The Morgan fingerprint density at radius 3 is 2.24 bits per heavy atom. The molecule has 118 valence electrons. The first-order valence-electron chi connectivity index (χ1n) is 7.50. The van der Waals surface area contributed by atoms with E-state index in [1.807, 2.05) is 19.1 Å². The maximum atomic E-state index is 12.8. The molecule has 2 rings (SSSR count). The summed E-state index contributed by atoms with van der Waals surface area (Å²) >= 11 is 0. The molecule has 1 aliphatic rings. The minimum absolute atomic E-state index is 0.0213. The number of benzene rings is 1. The zero-order valence-corrected chi connectivity index (χ0v) is 14.2. The molecule has 1 aromatic carbocycles. The molecule has 2 atom stereocenters. The number of hydrogen-bond acceptors (Lipinski definition) is 3. The van der Waals surface area contributed by atoms with Gasteiger partial charge in [-0.3, -0.25) is 0 Å². The number of hydrogen-bond donors (Lipinski definition) is 1. The first kappa shape index (κ1) is 16.5. The van der Waals surface area contributed by atoms with Crippen LogP contribution in [0, 0.1) is 0 Å². The van der Waals surface area contributed by atoms with Gasteiger partial charge in [-0.15, -0.1) is 0 Å². The summed E-state index contributed by atoms with van der Waals surface area (Å²) in [5, 5.41) is 0. The van der Waals surface area contributed by atoms with Gasteiger partial charge in [0.05, 0.1) is 4.90 Å². The third-order valence-corrected chi connectivity index (χ3v) is 6.21. The lowest BCUT2D eigenvalue weighted by atomic mass is 9.87. The van der Waals surface area contributed by atoms with Gasteiger partial charge in [-0.2, -0.15) is 4.31 Å². The van der Waals surface area contributed by atoms with Crippen LogP contribution in [-0.4, -0.2) is 31.4 Å². The van der Waals surface area contributed by atoms with Gasteiger partial charge < -0.3 is 5.73 Å². The van der Waals surface area contributed by atoms with Crippen LogP contribution in [0.5, 0.6) is 0 Å². The van der Waals surface area contributed by atoms with E-state index in [1.165, 1.54) is 0 Å². The van der Waals surface area contributed by atoms with Crippen LogP contribution in [0.2, 0.25) is 0 Å². The van der Waals surface area contributed by atoms with E-state index in [2.05, 4.69) is 20.8 Å². The van der Waals surface area contributed by atoms with Gasteiger partial charge in [-0.1, -0.05) is 32.9 Å². The summed E-state index contributed by atoms with van der Waals surface area (Å²) in [5.41, 5.74) is 7.07. The summed E-state index contributed by atoms with van der Waals surface area (Å²) in [7, 11) is -3.42. The largest absolute Gasteiger partial charge is 0.328 e. The second-order valence-electron chi connectivity index (χ2n) is 7.02. The average Bonchev–Trinajstić information content (AvgIpc) is 2.37. The molecular weight excluding hydrogens is 284 g/mol. The Balaban J connectivity index is 2.28. The molecule has 0 amide bonds. The highest BCUT2D eigenvalue weighted by atomic mass is 32.2. The van der Waals surface area contributed by atoms with Crippen molar-refractivity contribution < 1.29 is 8.42 Å². The summed E-state index contributed by atoms with van der Waals surface area (Å²) in [6, 6.07) is 7.32. The molecule has 0 aliphatic carbocycles. The molecule has 1 aliphatic heterocycles. The van der Waals surface area contributed by atoms with Crippen LogP contribution >= 0.6 is 0 Å². The summed E-state index contributed by atoms with van der Waals surface area (Å²) in [4.78, 5) is 0.373. The van der Waals surface area contributed by atoms with E-state index in [9.17, 15) is 8.42 Å². The van der Waals surface area contributed by atoms with Crippen molar-refractivity contribution in [2.24, 2.45) is 5.73 Å². The van der Waals surface area contributed by atoms with Crippen molar-refractivity contribution in [3.63, 3.8) is 0 Å². The molecule has 0 unspecified atom stereocenters. The Kier molecular flexibility index (Phi) is 4.47.